The minimum Gasteiger partial charge on any atom is -0.379 e. The molecule has 0 aromatic heterocycles. The van der Waals surface area contributed by atoms with E-state index in [4.69, 9.17) is 9.47 Å². The van der Waals surface area contributed by atoms with Gasteiger partial charge in [-0.1, -0.05) is 0 Å². The van der Waals surface area contributed by atoms with Gasteiger partial charge < -0.3 is 9.47 Å². The van der Waals surface area contributed by atoms with Crippen LogP contribution >= 0.6 is 0 Å². The summed E-state index contributed by atoms with van der Waals surface area (Å²) >= 11 is 0. The fourth-order valence-electron chi connectivity index (χ4n) is 1.23. The lowest BCUT2D eigenvalue weighted by atomic mass is 10.8. The molecule has 140 valence electrons. The maximum atomic E-state index is 11.6. The summed E-state index contributed by atoms with van der Waals surface area (Å²) in [7, 11) is -12.4. The van der Waals surface area contributed by atoms with Crippen molar-refractivity contribution >= 4 is 29.4 Å². The lowest BCUT2D eigenvalue weighted by Gasteiger charge is -2.20. The second kappa shape index (κ2) is 10.7. The van der Waals surface area contributed by atoms with Gasteiger partial charge in [0.2, 0.25) is 0 Å². The number of hydrogen-bond donors (Lipinski definition) is 0. The Labute approximate surface area is 138 Å². The summed E-state index contributed by atoms with van der Waals surface area (Å²) < 4.78 is 74.6. The summed E-state index contributed by atoms with van der Waals surface area (Å²) in [6, 6.07) is 0. The summed E-state index contributed by atoms with van der Waals surface area (Å²) in [6.45, 7) is 6.35. The van der Waals surface area contributed by atoms with Crippen LogP contribution in [0.15, 0.2) is 0 Å². The van der Waals surface area contributed by atoms with Crippen LogP contribution in [0.5, 0.6) is 0 Å². The third-order valence-electron chi connectivity index (χ3n) is 1.92. The molecule has 0 amide bonds. The van der Waals surface area contributed by atoms with Gasteiger partial charge in [0.05, 0.1) is 26.4 Å². The van der Waals surface area contributed by atoms with Crippen molar-refractivity contribution in [3.05, 3.63) is 0 Å². The van der Waals surface area contributed by atoms with E-state index in [1.807, 2.05) is 0 Å². The molecule has 0 bridgehead atoms. The van der Waals surface area contributed by atoms with Crippen molar-refractivity contribution in [1.29, 1.82) is 0 Å². The van der Waals surface area contributed by atoms with Gasteiger partial charge in [-0.15, -0.1) is 0 Å². The normalized spacial score (nSPS) is 13.4. The van der Waals surface area contributed by atoms with E-state index in [1.165, 1.54) is 13.1 Å². The van der Waals surface area contributed by atoms with Gasteiger partial charge in [-0.3, -0.25) is 7.74 Å². The van der Waals surface area contributed by atoms with Gasteiger partial charge in [0.1, 0.15) is 0 Å². The summed E-state index contributed by atoms with van der Waals surface area (Å²) in [4.78, 5) is 0. The molecule has 0 unspecified atom stereocenters. The van der Waals surface area contributed by atoms with Crippen molar-refractivity contribution in [2.45, 2.75) is 26.9 Å². The van der Waals surface area contributed by atoms with Gasteiger partial charge in [0.25, 0.3) is 0 Å². The molecule has 0 rings (SSSR count). The Morgan fingerprint density at radius 2 is 1.04 bits per heavy atom. The molecule has 23 heavy (non-hydrogen) atoms. The average Bonchev–Trinajstić information content (AvgIpc) is 2.37. The smallest absolute Gasteiger partial charge is 0.379 e. The third kappa shape index (κ3) is 12.9. The second-order valence-corrected chi connectivity index (χ2v) is 10.7. The van der Waals surface area contributed by atoms with E-state index in [2.05, 4.69) is 16.1 Å². The van der Waals surface area contributed by atoms with Crippen molar-refractivity contribution in [3.8, 4) is 0 Å². The van der Waals surface area contributed by atoms with E-state index < -0.39 is 29.4 Å². The fraction of sp³-hybridized carbons (Fsp3) is 1.00. The summed E-state index contributed by atoms with van der Waals surface area (Å²) in [5.41, 5.74) is 0. The molecule has 0 aliphatic rings. The van der Waals surface area contributed by atoms with E-state index in [9.17, 15) is 16.8 Å². The Morgan fingerprint density at radius 3 is 1.35 bits per heavy atom. The molecule has 0 aliphatic carbocycles. The van der Waals surface area contributed by atoms with Crippen LogP contribution < -0.4 is 0 Å². The van der Waals surface area contributed by atoms with Crippen molar-refractivity contribution in [3.63, 3.8) is 0 Å². The first-order chi connectivity index (χ1) is 10.5. The first-order valence-electron chi connectivity index (χ1n) is 6.89. The minimum absolute atomic E-state index is 0.0563. The van der Waals surface area contributed by atoms with E-state index in [-0.39, 0.29) is 26.4 Å². The summed E-state index contributed by atoms with van der Waals surface area (Å²) in [6.07, 6.45) is 0. The van der Waals surface area contributed by atoms with Crippen molar-refractivity contribution in [1.82, 2.24) is 0 Å². The van der Waals surface area contributed by atoms with Crippen LogP contribution in [-0.2, 0) is 46.4 Å². The highest BCUT2D eigenvalue weighted by molar-refractivity contribution is 7.84. The third-order valence-corrected chi connectivity index (χ3v) is 7.68. The van der Waals surface area contributed by atoms with Gasteiger partial charge >= 0.3 is 29.4 Å². The minimum atomic E-state index is -4.41. The van der Waals surface area contributed by atoms with Crippen LogP contribution in [0.3, 0.4) is 0 Å². The zero-order valence-corrected chi connectivity index (χ0v) is 16.3. The SMILES string of the molecule is CCOCCOS(=O)(=O)O[Si](C)(C)OS(=O)(=O)OCCOCC. The highest BCUT2D eigenvalue weighted by Gasteiger charge is 2.38. The number of ether oxygens (including phenoxy) is 2. The Morgan fingerprint density at radius 1 is 0.696 bits per heavy atom. The molecular weight excluding hydrogens is 372 g/mol. The van der Waals surface area contributed by atoms with Crippen LogP contribution in [0.25, 0.3) is 0 Å². The number of rotatable bonds is 14. The lowest BCUT2D eigenvalue weighted by molar-refractivity contribution is 0.104. The van der Waals surface area contributed by atoms with Crippen LogP contribution in [0, 0.1) is 0 Å². The average molecular weight is 397 g/mol. The molecule has 13 heteroatoms. The summed E-state index contributed by atoms with van der Waals surface area (Å²) in [5, 5.41) is 0. The maximum Gasteiger partial charge on any atom is 0.392 e. The van der Waals surface area contributed by atoms with Crippen molar-refractivity contribution in [2.24, 2.45) is 0 Å². The van der Waals surface area contributed by atoms with Gasteiger partial charge in [-0.05, 0) is 26.9 Å². The van der Waals surface area contributed by atoms with Crippen LogP contribution in [-0.4, -0.2) is 65.0 Å². The Kier molecular flexibility index (Phi) is 10.6. The van der Waals surface area contributed by atoms with E-state index >= 15 is 0 Å². The topological polar surface area (TPSA) is 124 Å². The number of hydrogen-bond acceptors (Lipinski definition) is 10. The van der Waals surface area contributed by atoms with Gasteiger partial charge in [0, 0.05) is 13.2 Å². The summed E-state index contributed by atoms with van der Waals surface area (Å²) in [5.74, 6) is 0. The van der Waals surface area contributed by atoms with Gasteiger partial charge in [-0.2, -0.15) is 16.8 Å². The van der Waals surface area contributed by atoms with Crippen molar-refractivity contribution < 1.29 is 42.4 Å². The quantitative estimate of drug-likeness (QED) is 0.299. The molecule has 0 saturated heterocycles. The van der Waals surface area contributed by atoms with E-state index in [1.54, 1.807) is 13.8 Å². The first kappa shape index (κ1) is 22.9. The van der Waals surface area contributed by atoms with Crippen LogP contribution in [0.4, 0.5) is 0 Å². The van der Waals surface area contributed by atoms with E-state index in [0.717, 1.165) is 0 Å². The molecule has 0 radical (unpaired) electrons. The fourth-order valence-corrected chi connectivity index (χ4v) is 6.46. The van der Waals surface area contributed by atoms with Gasteiger partial charge in [0.15, 0.2) is 0 Å². The van der Waals surface area contributed by atoms with Crippen molar-refractivity contribution in [2.75, 3.05) is 39.6 Å². The monoisotopic (exact) mass is 396 g/mol. The largest absolute Gasteiger partial charge is 0.392 e. The zero-order valence-electron chi connectivity index (χ0n) is 13.6. The highest BCUT2D eigenvalue weighted by Crippen LogP contribution is 2.16. The Bertz CT molecular complexity index is 470. The maximum absolute atomic E-state index is 11.6. The molecule has 0 N–H and O–H groups in total. The molecule has 0 aliphatic heterocycles. The molecule has 0 spiro atoms. The Balaban J connectivity index is 4.44. The molecule has 0 aromatic rings. The lowest BCUT2D eigenvalue weighted by Crippen LogP contribution is -2.40. The molecule has 0 heterocycles. The predicted molar refractivity (Wildman–Crippen MR) is 82.4 cm³/mol. The van der Waals surface area contributed by atoms with Crippen LogP contribution in [0.1, 0.15) is 13.8 Å². The highest BCUT2D eigenvalue weighted by atomic mass is 32.3. The first-order valence-corrected chi connectivity index (χ1v) is 12.4. The Hall–Kier alpha value is -0.123. The standard InChI is InChI=1S/C10H24O10S2Si/c1-5-15-7-9-17-21(11,12)19-23(3,4)20-22(13,14)18-10-8-16-6-2/h5-10H2,1-4H3. The predicted octanol–water partition coefficient (Wildman–Crippen LogP) is 0.317. The van der Waals surface area contributed by atoms with Gasteiger partial charge in [-0.25, -0.2) is 8.37 Å². The van der Waals surface area contributed by atoms with Crippen LogP contribution in [0.2, 0.25) is 13.1 Å². The van der Waals surface area contributed by atoms with E-state index in [0.29, 0.717) is 13.2 Å². The molecule has 0 atom stereocenters. The second-order valence-electron chi connectivity index (χ2n) is 4.42. The molecule has 10 nitrogen and oxygen atoms in total. The molecule has 0 saturated carbocycles. The zero-order chi connectivity index (χ0) is 18.0. The molecular formula is C10H24O10S2Si. The molecule has 0 aromatic carbocycles. The molecule has 0 fully saturated rings.